The van der Waals surface area contributed by atoms with Crippen molar-refractivity contribution in [2.75, 3.05) is 43.1 Å². The zero-order valence-electron chi connectivity index (χ0n) is 28.9. The molecule has 3 aromatic heterocycles. The Morgan fingerprint density at radius 2 is 1.83 bits per heavy atom. The molecule has 0 saturated carbocycles. The van der Waals surface area contributed by atoms with Crippen LogP contribution in [0.5, 0.6) is 5.75 Å². The summed E-state index contributed by atoms with van der Waals surface area (Å²) in [6.45, 7) is 13.4. The zero-order valence-corrected chi connectivity index (χ0v) is 28.9. The third-order valence-corrected chi connectivity index (χ3v) is 10.1. The van der Waals surface area contributed by atoms with Gasteiger partial charge in [0.15, 0.2) is 5.65 Å². The number of pyridine rings is 1. The van der Waals surface area contributed by atoms with E-state index in [1.165, 1.54) is 0 Å². The first-order valence-electron chi connectivity index (χ1n) is 17.4. The number of hydrogen-bond acceptors (Lipinski definition) is 8. The van der Waals surface area contributed by atoms with Crippen LogP contribution in [0.2, 0.25) is 0 Å². The molecular formula is C36H49N9O3. The number of piperidine rings is 1. The number of aromatic nitrogens is 5. The second-order valence-electron chi connectivity index (χ2n) is 14.6. The number of hydrogen-bond donors (Lipinski definition) is 2. The van der Waals surface area contributed by atoms with Gasteiger partial charge in [0.05, 0.1) is 24.5 Å². The summed E-state index contributed by atoms with van der Waals surface area (Å²) in [6.07, 6.45) is 6.70. The van der Waals surface area contributed by atoms with Crippen LogP contribution in [0.25, 0.3) is 5.65 Å². The topological polar surface area (TPSA) is 114 Å². The van der Waals surface area contributed by atoms with Gasteiger partial charge in [-0.1, -0.05) is 45.0 Å². The van der Waals surface area contributed by atoms with Gasteiger partial charge in [0.1, 0.15) is 17.7 Å². The molecule has 12 nitrogen and oxygen atoms in total. The number of benzene rings is 1. The van der Waals surface area contributed by atoms with E-state index in [0.29, 0.717) is 17.9 Å². The van der Waals surface area contributed by atoms with Crippen molar-refractivity contribution in [2.45, 2.75) is 89.4 Å². The number of carbonyl (C=O) groups is 1. The summed E-state index contributed by atoms with van der Waals surface area (Å²) in [5.74, 6) is 2.30. The van der Waals surface area contributed by atoms with Gasteiger partial charge in [-0.2, -0.15) is 5.10 Å². The van der Waals surface area contributed by atoms with Crippen molar-refractivity contribution in [2.24, 2.45) is 7.05 Å². The molecule has 4 aromatic rings. The number of carbonyl (C=O) groups excluding carboxylic acids is 1. The minimum absolute atomic E-state index is 0.107. The third-order valence-electron chi connectivity index (χ3n) is 10.1. The van der Waals surface area contributed by atoms with Crippen molar-refractivity contribution in [3.63, 3.8) is 0 Å². The van der Waals surface area contributed by atoms with Crippen molar-refractivity contribution in [1.82, 2.24) is 34.6 Å². The van der Waals surface area contributed by atoms with Gasteiger partial charge in [0.25, 0.3) is 0 Å². The molecule has 2 amide bonds. The normalized spacial score (nSPS) is 23.8. The van der Waals surface area contributed by atoms with Crippen molar-refractivity contribution in [3.05, 3.63) is 65.5 Å². The minimum Gasteiger partial charge on any atom is -0.484 e. The van der Waals surface area contributed by atoms with Gasteiger partial charge in [-0.25, -0.2) is 4.79 Å². The molecule has 0 radical (unpaired) electrons. The predicted octanol–water partition coefficient (Wildman–Crippen LogP) is 5.62. The maximum atomic E-state index is 13.2. The summed E-state index contributed by atoms with van der Waals surface area (Å²) in [7, 11) is 1.85. The van der Waals surface area contributed by atoms with Crippen LogP contribution < -0.4 is 20.3 Å². The molecule has 1 aliphatic carbocycles. The predicted molar refractivity (Wildman–Crippen MR) is 186 cm³/mol. The van der Waals surface area contributed by atoms with E-state index in [1.54, 1.807) is 4.68 Å². The van der Waals surface area contributed by atoms with Crippen molar-refractivity contribution >= 4 is 23.4 Å². The molecule has 12 heteroatoms. The van der Waals surface area contributed by atoms with E-state index in [2.05, 4.69) is 80.0 Å². The van der Waals surface area contributed by atoms with Crippen molar-refractivity contribution < 1.29 is 14.3 Å². The first kappa shape index (κ1) is 32.4. The fourth-order valence-corrected chi connectivity index (χ4v) is 7.48. The SMILES string of the molecule is CC1CC(N2CCCOCC2)CCN1c1nnc2ccc(O[C@@H]3CC[C@H](NC(=O)Nc4cc(C(C)(C)C)nn4C)c4ccccc43)cn12. The fraction of sp³-hybridized carbons (Fsp3) is 0.556. The van der Waals surface area contributed by atoms with E-state index >= 15 is 0 Å². The van der Waals surface area contributed by atoms with E-state index in [9.17, 15) is 4.79 Å². The number of nitrogens with one attached hydrogen (secondary N) is 2. The number of amides is 2. The molecule has 2 aliphatic heterocycles. The zero-order chi connectivity index (χ0) is 33.4. The van der Waals surface area contributed by atoms with Gasteiger partial charge in [-0.05, 0) is 62.3 Å². The highest BCUT2D eigenvalue weighted by molar-refractivity contribution is 5.88. The lowest BCUT2D eigenvalue weighted by molar-refractivity contribution is 0.121. The Labute approximate surface area is 282 Å². The number of fused-ring (bicyclic) bond motifs is 2. The number of anilines is 2. The molecule has 2 saturated heterocycles. The van der Waals surface area contributed by atoms with E-state index < -0.39 is 0 Å². The fourth-order valence-electron chi connectivity index (χ4n) is 7.48. The van der Waals surface area contributed by atoms with Crippen LogP contribution in [0.1, 0.15) is 88.8 Å². The Hall–Kier alpha value is -4.16. The summed E-state index contributed by atoms with van der Waals surface area (Å²) in [5, 5.41) is 19.9. The number of aryl methyl sites for hydroxylation is 1. The van der Waals surface area contributed by atoms with E-state index in [1.807, 2.05) is 43.6 Å². The smallest absolute Gasteiger partial charge is 0.320 e. The molecular weight excluding hydrogens is 606 g/mol. The molecule has 48 heavy (non-hydrogen) atoms. The molecule has 2 N–H and O–H groups in total. The Bertz CT molecular complexity index is 1740. The molecule has 256 valence electrons. The molecule has 0 bridgehead atoms. The largest absolute Gasteiger partial charge is 0.484 e. The van der Waals surface area contributed by atoms with E-state index in [0.717, 1.165) is 99.1 Å². The minimum atomic E-state index is -0.248. The highest BCUT2D eigenvalue weighted by atomic mass is 16.5. The summed E-state index contributed by atoms with van der Waals surface area (Å²) >= 11 is 0. The van der Waals surface area contributed by atoms with Gasteiger partial charge in [-0.15, -0.1) is 10.2 Å². The number of nitrogens with zero attached hydrogens (tertiary/aromatic N) is 7. The lowest BCUT2D eigenvalue weighted by Crippen LogP contribution is -2.50. The Morgan fingerprint density at radius 1 is 1.00 bits per heavy atom. The molecule has 7 rings (SSSR count). The van der Waals surface area contributed by atoms with Gasteiger partial charge in [-0.3, -0.25) is 19.3 Å². The maximum absolute atomic E-state index is 13.2. The lowest BCUT2D eigenvalue weighted by atomic mass is 9.85. The average Bonchev–Trinajstić information content (AvgIpc) is 3.53. The Kier molecular flexibility index (Phi) is 9.04. The summed E-state index contributed by atoms with van der Waals surface area (Å²) in [5.41, 5.74) is 3.79. The van der Waals surface area contributed by atoms with Crippen LogP contribution in [0.15, 0.2) is 48.7 Å². The van der Waals surface area contributed by atoms with Gasteiger partial charge >= 0.3 is 6.03 Å². The third kappa shape index (κ3) is 6.73. The molecule has 3 aliphatic rings. The van der Waals surface area contributed by atoms with E-state index in [4.69, 9.17) is 9.47 Å². The molecule has 0 spiro atoms. The summed E-state index contributed by atoms with van der Waals surface area (Å²) < 4.78 is 16.2. The molecule has 2 fully saturated rings. The summed E-state index contributed by atoms with van der Waals surface area (Å²) in [6, 6.07) is 14.7. The highest BCUT2D eigenvalue weighted by Crippen LogP contribution is 2.39. The second kappa shape index (κ2) is 13.4. The second-order valence-corrected chi connectivity index (χ2v) is 14.6. The Balaban J connectivity index is 1.03. The quantitative estimate of drug-likeness (QED) is 0.275. The van der Waals surface area contributed by atoms with Crippen LogP contribution in [-0.4, -0.2) is 80.2 Å². The van der Waals surface area contributed by atoms with Crippen LogP contribution in [0.4, 0.5) is 16.6 Å². The average molecular weight is 656 g/mol. The van der Waals surface area contributed by atoms with E-state index in [-0.39, 0.29) is 23.6 Å². The van der Waals surface area contributed by atoms with Crippen molar-refractivity contribution in [1.29, 1.82) is 0 Å². The number of rotatable bonds is 6. The number of ether oxygens (including phenoxy) is 2. The highest BCUT2D eigenvalue weighted by Gasteiger charge is 2.33. The van der Waals surface area contributed by atoms with Gasteiger partial charge < -0.3 is 19.7 Å². The van der Waals surface area contributed by atoms with Gasteiger partial charge in [0.2, 0.25) is 5.95 Å². The molecule has 1 aromatic carbocycles. The first-order chi connectivity index (χ1) is 23.1. The van der Waals surface area contributed by atoms with Crippen molar-refractivity contribution in [3.8, 4) is 5.75 Å². The molecule has 5 heterocycles. The standard InChI is InChI=1S/C36H49N9O3/c1-24-21-25(43-16-8-19-47-20-18-43)15-17-44(24)35-40-39-32-14-11-26(23-45(32)35)48-30-13-12-29(27-9-6-7-10-28(27)30)37-34(46)38-33-22-31(36(2,3)4)41-42(33)5/h6-7,9-11,14,22-25,29-30H,8,12-13,15-21H2,1-5H3,(H2,37,38,46)/t24?,25?,29-,30+/m0/s1. The molecule has 4 atom stereocenters. The Morgan fingerprint density at radius 3 is 2.62 bits per heavy atom. The van der Waals surface area contributed by atoms with Crippen LogP contribution in [-0.2, 0) is 17.2 Å². The van der Waals surface area contributed by atoms with Gasteiger partial charge in [0, 0.05) is 56.9 Å². The maximum Gasteiger partial charge on any atom is 0.320 e. The lowest BCUT2D eigenvalue weighted by Gasteiger charge is -2.42. The first-order valence-corrected chi connectivity index (χ1v) is 17.4. The van der Waals surface area contributed by atoms with Crippen LogP contribution >= 0.6 is 0 Å². The van der Waals surface area contributed by atoms with Crippen LogP contribution in [0, 0.1) is 0 Å². The monoisotopic (exact) mass is 655 g/mol. The number of urea groups is 1. The van der Waals surface area contributed by atoms with Crippen LogP contribution in [0.3, 0.4) is 0 Å². The summed E-state index contributed by atoms with van der Waals surface area (Å²) in [4.78, 5) is 18.2. The molecule has 2 unspecified atom stereocenters.